The van der Waals surface area contributed by atoms with Gasteiger partial charge in [-0.2, -0.15) is 16.4 Å². The molecule has 3 rings (SSSR count). The molecule has 0 fully saturated rings. The summed E-state index contributed by atoms with van der Waals surface area (Å²) in [5.41, 5.74) is 1.01. The molecule has 0 bridgehead atoms. The topological polar surface area (TPSA) is 81.8 Å². The van der Waals surface area contributed by atoms with Gasteiger partial charge in [0.15, 0.2) is 5.03 Å². The SMILES string of the molecule is Cn1cnc(S(=O)(=O)NCC(c2ccsc2)n2cccn2)c1. The third kappa shape index (κ3) is 3.11. The maximum Gasteiger partial charge on any atom is 0.259 e. The summed E-state index contributed by atoms with van der Waals surface area (Å²) >= 11 is 1.56. The summed E-state index contributed by atoms with van der Waals surface area (Å²) in [6.45, 7) is 0.206. The number of aromatic nitrogens is 4. The molecule has 0 saturated heterocycles. The number of sulfonamides is 1. The number of imidazole rings is 1. The standard InChI is InChI=1S/C13H15N5O2S2/c1-17-8-13(14-10-17)22(19,20)16-7-12(11-3-6-21-9-11)18-5-2-4-15-18/h2-6,8-10,12,16H,7H2,1H3. The van der Waals surface area contributed by atoms with Crippen LogP contribution in [0, 0.1) is 0 Å². The fourth-order valence-corrected chi connectivity index (χ4v) is 3.81. The van der Waals surface area contributed by atoms with Gasteiger partial charge in [0.05, 0.1) is 12.4 Å². The van der Waals surface area contributed by atoms with Crippen LogP contribution >= 0.6 is 11.3 Å². The van der Waals surface area contributed by atoms with Crippen LogP contribution in [0.5, 0.6) is 0 Å². The minimum absolute atomic E-state index is 0.0135. The highest BCUT2D eigenvalue weighted by Crippen LogP contribution is 2.20. The van der Waals surface area contributed by atoms with E-state index in [1.807, 2.05) is 29.1 Å². The van der Waals surface area contributed by atoms with Crippen molar-refractivity contribution in [2.45, 2.75) is 11.1 Å². The van der Waals surface area contributed by atoms with E-state index >= 15 is 0 Å². The molecule has 3 aromatic heterocycles. The summed E-state index contributed by atoms with van der Waals surface area (Å²) in [4.78, 5) is 3.88. The first-order valence-electron chi connectivity index (χ1n) is 6.55. The van der Waals surface area contributed by atoms with E-state index in [1.54, 1.807) is 33.8 Å². The molecule has 7 nitrogen and oxygen atoms in total. The Morgan fingerprint density at radius 2 is 2.32 bits per heavy atom. The number of nitrogens with one attached hydrogen (secondary N) is 1. The molecule has 3 heterocycles. The Kier molecular flexibility index (Phi) is 4.10. The number of rotatable bonds is 6. The van der Waals surface area contributed by atoms with Crippen LogP contribution in [0.3, 0.4) is 0 Å². The van der Waals surface area contributed by atoms with Crippen molar-refractivity contribution in [1.82, 2.24) is 24.1 Å². The quantitative estimate of drug-likeness (QED) is 0.734. The number of hydrogen-bond donors (Lipinski definition) is 1. The summed E-state index contributed by atoms with van der Waals surface area (Å²) in [5.74, 6) is 0. The van der Waals surface area contributed by atoms with Gasteiger partial charge in [0.25, 0.3) is 10.0 Å². The normalized spacial score (nSPS) is 13.3. The van der Waals surface area contributed by atoms with Gasteiger partial charge in [0.2, 0.25) is 0 Å². The first-order valence-corrected chi connectivity index (χ1v) is 8.98. The fraction of sp³-hybridized carbons (Fsp3) is 0.231. The maximum atomic E-state index is 12.3. The molecule has 0 saturated carbocycles. The maximum absolute atomic E-state index is 12.3. The lowest BCUT2D eigenvalue weighted by Gasteiger charge is -2.17. The molecule has 0 spiro atoms. The molecule has 1 N–H and O–H groups in total. The predicted molar refractivity (Wildman–Crippen MR) is 83.1 cm³/mol. The van der Waals surface area contributed by atoms with Crippen LogP contribution in [0.4, 0.5) is 0 Å². The van der Waals surface area contributed by atoms with Gasteiger partial charge >= 0.3 is 0 Å². The van der Waals surface area contributed by atoms with Crippen LogP contribution in [0.25, 0.3) is 0 Å². The molecule has 0 amide bonds. The average molecular weight is 337 g/mol. The zero-order valence-electron chi connectivity index (χ0n) is 11.8. The number of thiophene rings is 1. The Morgan fingerprint density at radius 3 is 2.91 bits per heavy atom. The molecular weight excluding hydrogens is 322 g/mol. The number of nitrogens with zero attached hydrogens (tertiary/aromatic N) is 4. The molecule has 3 aromatic rings. The number of hydrogen-bond acceptors (Lipinski definition) is 5. The van der Waals surface area contributed by atoms with Gasteiger partial charge in [-0.25, -0.2) is 18.1 Å². The molecule has 0 aliphatic rings. The minimum Gasteiger partial charge on any atom is -0.339 e. The molecule has 0 radical (unpaired) electrons. The van der Waals surface area contributed by atoms with Gasteiger partial charge in [-0.05, 0) is 28.5 Å². The van der Waals surface area contributed by atoms with E-state index in [1.165, 1.54) is 12.5 Å². The monoisotopic (exact) mass is 337 g/mol. The van der Waals surface area contributed by atoms with Crippen molar-refractivity contribution in [3.63, 3.8) is 0 Å². The summed E-state index contributed by atoms with van der Waals surface area (Å²) < 4.78 is 30.5. The Labute approximate surface area is 132 Å². The molecule has 0 aliphatic heterocycles. The van der Waals surface area contributed by atoms with E-state index in [4.69, 9.17) is 0 Å². The van der Waals surface area contributed by atoms with Crippen molar-refractivity contribution in [3.05, 3.63) is 53.4 Å². The van der Waals surface area contributed by atoms with E-state index in [2.05, 4.69) is 14.8 Å². The summed E-state index contributed by atoms with van der Waals surface area (Å²) in [6.07, 6.45) is 6.41. The van der Waals surface area contributed by atoms with Crippen molar-refractivity contribution in [3.8, 4) is 0 Å². The van der Waals surface area contributed by atoms with E-state index in [-0.39, 0.29) is 17.6 Å². The van der Waals surface area contributed by atoms with Crippen LogP contribution in [0.1, 0.15) is 11.6 Å². The predicted octanol–water partition coefficient (Wildman–Crippen LogP) is 1.25. The van der Waals surface area contributed by atoms with Crippen molar-refractivity contribution < 1.29 is 8.42 Å². The highest BCUT2D eigenvalue weighted by molar-refractivity contribution is 7.89. The largest absolute Gasteiger partial charge is 0.339 e. The number of aryl methyl sites for hydroxylation is 1. The van der Waals surface area contributed by atoms with Gasteiger partial charge < -0.3 is 4.57 Å². The Balaban J connectivity index is 1.80. The zero-order valence-corrected chi connectivity index (χ0v) is 13.5. The highest BCUT2D eigenvalue weighted by atomic mass is 32.2. The molecule has 0 aromatic carbocycles. The molecule has 116 valence electrons. The van der Waals surface area contributed by atoms with Crippen LogP contribution in [-0.4, -0.2) is 34.3 Å². The Bertz CT molecular complexity index is 788. The Morgan fingerprint density at radius 1 is 1.45 bits per heavy atom. The van der Waals surface area contributed by atoms with E-state index in [9.17, 15) is 8.42 Å². The lowest BCUT2D eigenvalue weighted by molar-refractivity contribution is 0.505. The van der Waals surface area contributed by atoms with Gasteiger partial charge in [0, 0.05) is 32.2 Å². The van der Waals surface area contributed by atoms with Gasteiger partial charge in [-0.3, -0.25) is 4.68 Å². The van der Waals surface area contributed by atoms with Crippen LogP contribution in [0.15, 0.2) is 52.8 Å². The van der Waals surface area contributed by atoms with Crippen molar-refractivity contribution in [2.75, 3.05) is 6.54 Å². The second kappa shape index (κ2) is 6.03. The molecule has 1 atom stereocenters. The zero-order chi connectivity index (χ0) is 15.6. The van der Waals surface area contributed by atoms with Crippen LogP contribution in [-0.2, 0) is 17.1 Å². The summed E-state index contributed by atoms with van der Waals surface area (Å²) in [5, 5.41) is 8.18. The molecule has 1 unspecified atom stereocenters. The highest BCUT2D eigenvalue weighted by Gasteiger charge is 2.21. The second-order valence-electron chi connectivity index (χ2n) is 4.79. The van der Waals surface area contributed by atoms with Crippen LogP contribution < -0.4 is 4.72 Å². The molecule has 22 heavy (non-hydrogen) atoms. The smallest absolute Gasteiger partial charge is 0.259 e. The lowest BCUT2D eigenvalue weighted by atomic mass is 10.1. The molecule has 9 heteroatoms. The fourth-order valence-electron chi connectivity index (χ4n) is 2.08. The molecular formula is C13H15N5O2S2. The van der Waals surface area contributed by atoms with Crippen molar-refractivity contribution in [1.29, 1.82) is 0 Å². The first kappa shape index (κ1) is 14.9. The molecule has 0 aliphatic carbocycles. The lowest BCUT2D eigenvalue weighted by Crippen LogP contribution is -2.31. The van der Waals surface area contributed by atoms with E-state index in [0.29, 0.717) is 0 Å². The average Bonchev–Trinajstić information content (AvgIpc) is 3.20. The third-order valence-corrected chi connectivity index (χ3v) is 5.21. The summed E-state index contributed by atoms with van der Waals surface area (Å²) in [7, 11) is -1.91. The van der Waals surface area contributed by atoms with Gasteiger partial charge in [-0.15, -0.1) is 0 Å². The third-order valence-electron chi connectivity index (χ3n) is 3.20. The van der Waals surface area contributed by atoms with Crippen LogP contribution in [0.2, 0.25) is 0 Å². The Hall–Kier alpha value is -1.97. The second-order valence-corrected chi connectivity index (χ2v) is 7.28. The van der Waals surface area contributed by atoms with Gasteiger partial charge in [-0.1, -0.05) is 0 Å². The van der Waals surface area contributed by atoms with Crippen molar-refractivity contribution in [2.24, 2.45) is 7.05 Å². The summed E-state index contributed by atoms with van der Waals surface area (Å²) in [6, 6.07) is 3.58. The van der Waals surface area contributed by atoms with Gasteiger partial charge in [0.1, 0.15) is 0 Å². The first-order chi connectivity index (χ1) is 10.6. The van der Waals surface area contributed by atoms with E-state index in [0.717, 1.165) is 5.56 Å². The van der Waals surface area contributed by atoms with E-state index < -0.39 is 10.0 Å². The minimum atomic E-state index is -3.64. The van der Waals surface area contributed by atoms with Crippen molar-refractivity contribution >= 4 is 21.4 Å².